The number of nitrogens with zero attached hydrogens (tertiary/aromatic N) is 1. The van der Waals surface area contributed by atoms with E-state index in [1.807, 2.05) is 6.07 Å². The largest absolute Gasteiger partial charge is 0.493 e. The molecule has 2 aliphatic heterocycles. The van der Waals surface area contributed by atoms with Gasteiger partial charge in [0, 0.05) is 23.1 Å². The predicted octanol–water partition coefficient (Wildman–Crippen LogP) is 1.95. The summed E-state index contributed by atoms with van der Waals surface area (Å²) in [6.45, 7) is 0.520. The number of pyridine rings is 1. The molecule has 0 aliphatic carbocycles. The molecule has 2 aromatic carbocycles. The molecule has 3 aromatic rings. The SMILES string of the molecule is COc1ccc2c(C(O)O)c3n(c(=O)c2c1OC)CCc1cc2c(cc1-3)OCO2. The molecule has 1 aromatic heterocycles. The van der Waals surface area contributed by atoms with Gasteiger partial charge in [0.25, 0.3) is 5.56 Å². The maximum absolute atomic E-state index is 13.4. The number of aliphatic hydroxyl groups is 2. The van der Waals surface area contributed by atoms with Crippen LogP contribution in [0.5, 0.6) is 23.0 Å². The van der Waals surface area contributed by atoms with Crippen LogP contribution in [0.25, 0.3) is 22.0 Å². The zero-order valence-electron chi connectivity index (χ0n) is 15.9. The highest BCUT2D eigenvalue weighted by Crippen LogP contribution is 2.45. The molecule has 0 spiro atoms. The van der Waals surface area contributed by atoms with Crippen molar-refractivity contribution in [2.24, 2.45) is 0 Å². The Morgan fingerprint density at radius 1 is 1.10 bits per heavy atom. The number of aryl methyl sites for hydroxylation is 1. The first-order valence-corrected chi connectivity index (χ1v) is 9.15. The molecular formula is C21H19NO7. The van der Waals surface area contributed by atoms with Gasteiger partial charge in [-0.05, 0) is 36.2 Å². The van der Waals surface area contributed by atoms with Gasteiger partial charge in [-0.1, -0.05) is 0 Å². The molecule has 8 heteroatoms. The predicted molar refractivity (Wildman–Crippen MR) is 104 cm³/mol. The average molecular weight is 397 g/mol. The summed E-state index contributed by atoms with van der Waals surface area (Å²) in [4.78, 5) is 13.4. The Bertz CT molecular complexity index is 1210. The van der Waals surface area contributed by atoms with Crippen LogP contribution in [0, 0.1) is 0 Å². The normalized spacial score (nSPS) is 14.1. The molecular weight excluding hydrogens is 378 g/mol. The number of benzene rings is 2. The summed E-state index contributed by atoms with van der Waals surface area (Å²) in [5, 5.41) is 21.2. The van der Waals surface area contributed by atoms with Crippen LogP contribution in [0.1, 0.15) is 17.4 Å². The Labute approximate surface area is 165 Å². The van der Waals surface area contributed by atoms with Crippen LogP contribution in [-0.4, -0.2) is 35.8 Å². The first kappa shape index (κ1) is 17.8. The highest BCUT2D eigenvalue weighted by atomic mass is 16.7. The number of hydrogen-bond donors (Lipinski definition) is 2. The van der Waals surface area contributed by atoms with Crippen LogP contribution in [0.4, 0.5) is 0 Å². The third-order valence-electron chi connectivity index (χ3n) is 5.54. The van der Waals surface area contributed by atoms with E-state index >= 15 is 0 Å². The molecule has 8 nitrogen and oxygen atoms in total. The van der Waals surface area contributed by atoms with Crippen molar-refractivity contribution in [1.82, 2.24) is 4.57 Å². The van der Waals surface area contributed by atoms with Gasteiger partial charge < -0.3 is 33.7 Å². The van der Waals surface area contributed by atoms with Crippen LogP contribution in [0.3, 0.4) is 0 Å². The number of fused-ring (bicyclic) bond motifs is 5. The van der Waals surface area contributed by atoms with Crippen LogP contribution in [-0.2, 0) is 13.0 Å². The first-order valence-electron chi connectivity index (χ1n) is 9.15. The zero-order chi connectivity index (χ0) is 20.3. The van der Waals surface area contributed by atoms with Gasteiger partial charge in [-0.3, -0.25) is 4.79 Å². The second-order valence-corrected chi connectivity index (χ2v) is 6.93. The molecule has 0 saturated carbocycles. The summed E-state index contributed by atoms with van der Waals surface area (Å²) in [5.74, 6) is 1.88. The van der Waals surface area contributed by atoms with Gasteiger partial charge in [0.05, 0.1) is 25.3 Å². The summed E-state index contributed by atoms with van der Waals surface area (Å²) in [7, 11) is 2.94. The number of hydrogen-bond acceptors (Lipinski definition) is 7. The second-order valence-electron chi connectivity index (χ2n) is 6.93. The molecule has 0 fully saturated rings. The van der Waals surface area contributed by atoms with Crippen molar-refractivity contribution in [3.8, 4) is 34.3 Å². The molecule has 29 heavy (non-hydrogen) atoms. The van der Waals surface area contributed by atoms with E-state index in [0.717, 1.165) is 11.1 Å². The third-order valence-corrected chi connectivity index (χ3v) is 5.54. The molecule has 0 unspecified atom stereocenters. The maximum Gasteiger partial charge on any atom is 0.262 e. The Kier molecular flexibility index (Phi) is 3.94. The van der Waals surface area contributed by atoms with Crippen molar-refractivity contribution in [2.45, 2.75) is 19.3 Å². The minimum atomic E-state index is -1.80. The van der Waals surface area contributed by atoms with Crippen molar-refractivity contribution in [3.63, 3.8) is 0 Å². The fourth-order valence-corrected chi connectivity index (χ4v) is 4.28. The Balaban J connectivity index is 1.93. The summed E-state index contributed by atoms with van der Waals surface area (Å²) in [6, 6.07) is 6.97. The quantitative estimate of drug-likeness (QED) is 0.652. The minimum Gasteiger partial charge on any atom is -0.493 e. The van der Waals surface area contributed by atoms with E-state index in [1.54, 1.807) is 22.8 Å². The molecule has 150 valence electrons. The Morgan fingerprint density at radius 2 is 1.86 bits per heavy atom. The monoisotopic (exact) mass is 397 g/mol. The maximum atomic E-state index is 13.4. The fraction of sp³-hybridized carbons (Fsp3) is 0.286. The lowest BCUT2D eigenvalue weighted by Crippen LogP contribution is -2.29. The molecule has 0 radical (unpaired) electrons. The van der Waals surface area contributed by atoms with Gasteiger partial charge in [-0.15, -0.1) is 0 Å². The smallest absolute Gasteiger partial charge is 0.262 e. The topological polar surface area (TPSA) is 99.4 Å². The number of aromatic nitrogens is 1. The molecule has 2 aliphatic rings. The van der Waals surface area contributed by atoms with Gasteiger partial charge in [0.2, 0.25) is 6.79 Å². The lowest BCUT2D eigenvalue weighted by atomic mass is 9.90. The fourth-order valence-electron chi connectivity index (χ4n) is 4.28. The standard InChI is InChI=1S/C21H19NO7/c1-26-13-4-3-11-16(21(24)25)18-12-8-15-14(28-9-29-15)7-10(12)5-6-22(18)20(23)17(11)19(13)27-2/h3-4,7-8,21,24-25H,5-6,9H2,1-2H3. The van der Waals surface area contributed by atoms with Gasteiger partial charge in [0.1, 0.15) is 0 Å². The van der Waals surface area contributed by atoms with Crippen molar-refractivity contribution < 1.29 is 29.2 Å². The number of rotatable bonds is 3. The summed E-state index contributed by atoms with van der Waals surface area (Å²) in [6.07, 6.45) is -1.20. The average Bonchev–Trinajstić information content (AvgIpc) is 3.18. The molecule has 5 rings (SSSR count). The van der Waals surface area contributed by atoms with Crippen molar-refractivity contribution in [1.29, 1.82) is 0 Å². The lowest BCUT2D eigenvalue weighted by molar-refractivity contribution is -0.0412. The Hall–Kier alpha value is -3.23. The van der Waals surface area contributed by atoms with Crippen molar-refractivity contribution in [3.05, 3.63) is 45.7 Å². The first-order chi connectivity index (χ1) is 14.0. The summed E-state index contributed by atoms with van der Waals surface area (Å²) in [5.41, 5.74) is 2.09. The Morgan fingerprint density at radius 3 is 2.55 bits per heavy atom. The number of aliphatic hydroxyl groups excluding tert-OH is 1. The van der Waals surface area contributed by atoms with E-state index in [-0.39, 0.29) is 29.1 Å². The number of ether oxygens (including phenoxy) is 4. The van der Waals surface area contributed by atoms with E-state index in [1.165, 1.54) is 14.2 Å². The van der Waals surface area contributed by atoms with E-state index in [4.69, 9.17) is 18.9 Å². The molecule has 3 heterocycles. The van der Waals surface area contributed by atoms with Crippen LogP contribution >= 0.6 is 0 Å². The summed E-state index contributed by atoms with van der Waals surface area (Å²) < 4.78 is 23.3. The van der Waals surface area contributed by atoms with E-state index < -0.39 is 6.29 Å². The van der Waals surface area contributed by atoms with Crippen LogP contribution in [0.15, 0.2) is 29.1 Å². The van der Waals surface area contributed by atoms with Crippen molar-refractivity contribution >= 4 is 10.8 Å². The number of methoxy groups -OCH3 is 2. The van der Waals surface area contributed by atoms with Gasteiger partial charge >= 0.3 is 0 Å². The van der Waals surface area contributed by atoms with Crippen LogP contribution in [0.2, 0.25) is 0 Å². The highest BCUT2D eigenvalue weighted by molar-refractivity contribution is 5.96. The van der Waals surface area contributed by atoms with E-state index in [2.05, 4.69) is 0 Å². The van der Waals surface area contributed by atoms with Crippen molar-refractivity contribution in [2.75, 3.05) is 21.0 Å². The van der Waals surface area contributed by atoms with Gasteiger partial charge in [-0.2, -0.15) is 0 Å². The van der Waals surface area contributed by atoms with Gasteiger partial charge in [-0.25, -0.2) is 0 Å². The molecule has 0 bridgehead atoms. The lowest BCUT2D eigenvalue weighted by Gasteiger charge is -2.27. The minimum absolute atomic E-state index is 0.134. The van der Waals surface area contributed by atoms with Crippen LogP contribution < -0.4 is 24.5 Å². The summed E-state index contributed by atoms with van der Waals surface area (Å²) >= 11 is 0. The van der Waals surface area contributed by atoms with E-state index in [9.17, 15) is 15.0 Å². The molecule has 0 atom stereocenters. The highest BCUT2D eigenvalue weighted by Gasteiger charge is 2.30. The third kappa shape index (κ3) is 2.43. The van der Waals surface area contributed by atoms with Gasteiger partial charge in [0.15, 0.2) is 29.3 Å². The molecule has 0 saturated heterocycles. The molecule has 2 N–H and O–H groups in total. The zero-order valence-corrected chi connectivity index (χ0v) is 15.9. The second kappa shape index (κ2) is 6.40. The molecule has 0 amide bonds. The van der Waals surface area contributed by atoms with E-state index in [0.29, 0.717) is 41.3 Å².